The molecular formula is C21H20BrNO4. The summed E-state index contributed by atoms with van der Waals surface area (Å²) in [6, 6.07) is 11.4. The molecule has 0 saturated carbocycles. The van der Waals surface area contributed by atoms with Gasteiger partial charge < -0.3 is 14.2 Å². The molecule has 0 radical (unpaired) electrons. The van der Waals surface area contributed by atoms with Crippen LogP contribution in [0.1, 0.15) is 27.9 Å². The SMILES string of the molecule is COCCCN1COc2ccc3c(c2C1)O/C(=C\c1ccc(Br)cc1)C3=O. The number of hydrogen-bond acceptors (Lipinski definition) is 5. The molecule has 0 bridgehead atoms. The number of fused-ring (bicyclic) bond motifs is 3. The second-order valence-corrected chi connectivity index (χ2v) is 7.50. The molecule has 0 N–H and O–H groups in total. The fourth-order valence-electron chi connectivity index (χ4n) is 3.29. The predicted octanol–water partition coefficient (Wildman–Crippen LogP) is 4.25. The van der Waals surface area contributed by atoms with Crippen LogP contribution in [0.4, 0.5) is 0 Å². The monoisotopic (exact) mass is 429 g/mol. The quantitative estimate of drug-likeness (QED) is 0.524. The zero-order chi connectivity index (χ0) is 18.8. The van der Waals surface area contributed by atoms with E-state index in [4.69, 9.17) is 14.2 Å². The third kappa shape index (κ3) is 3.78. The summed E-state index contributed by atoms with van der Waals surface area (Å²) in [4.78, 5) is 15.0. The summed E-state index contributed by atoms with van der Waals surface area (Å²) in [6.07, 6.45) is 2.71. The molecule has 0 aromatic heterocycles. The molecular weight excluding hydrogens is 410 g/mol. The van der Waals surface area contributed by atoms with Crippen molar-refractivity contribution in [3.05, 3.63) is 63.3 Å². The van der Waals surface area contributed by atoms with Crippen LogP contribution in [0.5, 0.6) is 11.5 Å². The molecule has 4 rings (SSSR count). The Balaban J connectivity index is 1.59. The lowest BCUT2D eigenvalue weighted by molar-refractivity contribution is 0.0823. The van der Waals surface area contributed by atoms with Crippen molar-refractivity contribution in [1.82, 2.24) is 4.90 Å². The van der Waals surface area contributed by atoms with Crippen LogP contribution in [0.3, 0.4) is 0 Å². The van der Waals surface area contributed by atoms with E-state index in [0.717, 1.165) is 34.3 Å². The van der Waals surface area contributed by atoms with Crippen LogP contribution in [-0.2, 0) is 11.3 Å². The van der Waals surface area contributed by atoms with E-state index in [0.29, 0.717) is 37.0 Å². The van der Waals surface area contributed by atoms with Gasteiger partial charge >= 0.3 is 0 Å². The van der Waals surface area contributed by atoms with Crippen LogP contribution in [-0.4, -0.2) is 37.7 Å². The molecule has 2 aromatic rings. The zero-order valence-corrected chi connectivity index (χ0v) is 16.6. The van der Waals surface area contributed by atoms with Crippen molar-refractivity contribution in [2.45, 2.75) is 13.0 Å². The van der Waals surface area contributed by atoms with Gasteiger partial charge in [-0.2, -0.15) is 0 Å². The molecule has 0 amide bonds. The van der Waals surface area contributed by atoms with Gasteiger partial charge in [-0.1, -0.05) is 28.1 Å². The molecule has 0 unspecified atom stereocenters. The number of hydrogen-bond donors (Lipinski definition) is 0. The first-order chi connectivity index (χ1) is 13.2. The van der Waals surface area contributed by atoms with E-state index < -0.39 is 0 Å². The molecule has 2 heterocycles. The fourth-order valence-corrected chi connectivity index (χ4v) is 3.56. The van der Waals surface area contributed by atoms with E-state index in [1.54, 1.807) is 19.3 Å². The third-order valence-electron chi connectivity index (χ3n) is 4.67. The number of rotatable bonds is 5. The summed E-state index contributed by atoms with van der Waals surface area (Å²) in [5.41, 5.74) is 2.45. The first-order valence-corrected chi connectivity index (χ1v) is 9.65. The Morgan fingerprint density at radius 1 is 1.22 bits per heavy atom. The van der Waals surface area contributed by atoms with E-state index in [1.807, 2.05) is 30.3 Å². The second-order valence-electron chi connectivity index (χ2n) is 6.58. The summed E-state index contributed by atoms with van der Waals surface area (Å²) in [6.45, 7) is 2.81. The average molecular weight is 430 g/mol. The number of benzene rings is 2. The zero-order valence-electron chi connectivity index (χ0n) is 15.0. The van der Waals surface area contributed by atoms with E-state index in [-0.39, 0.29) is 5.78 Å². The van der Waals surface area contributed by atoms with Crippen LogP contribution < -0.4 is 9.47 Å². The van der Waals surface area contributed by atoms with Gasteiger partial charge in [0.25, 0.3) is 0 Å². The second kappa shape index (κ2) is 7.84. The van der Waals surface area contributed by atoms with Gasteiger partial charge in [-0.05, 0) is 42.3 Å². The first kappa shape index (κ1) is 18.2. The molecule has 0 saturated heterocycles. The molecule has 5 nitrogen and oxygen atoms in total. The van der Waals surface area contributed by atoms with Gasteiger partial charge in [-0.15, -0.1) is 0 Å². The van der Waals surface area contributed by atoms with E-state index in [2.05, 4.69) is 20.8 Å². The number of allylic oxidation sites excluding steroid dienone is 1. The Morgan fingerprint density at radius 2 is 2.04 bits per heavy atom. The minimum absolute atomic E-state index is 0.0905. The number of ether oxygens (including phenoxy) is 3. The number of Topliss-reactive ketones (excluding diaryl/α,β-unsaturated/α-hetero) is 1. The topological polar surface area (TPSA) is 48.0 Å². The molecule has 2 aliphatic heterocycles. The maximum atomic E-state index is 12.8. The standard InChI is InChI=1S/C21H20BrNO4/c1-25-10-2-9-23-12-17-18(26-13-23)8-7-16-20(24)19(27-21(16)17)11-14-3-5-15(22)6-4-14/h3-8,11H,2,9-10,12-13H2,1H3/b19-11-. The third-order valence-corrected chi connectivity index (χ3v) is 5.20. The fraction of sp³-hybridized carbons (Fsp3) is 0.286. The minimum Gasteiger partial charge on any atom is -0.478 e. The maximum Gasteiger partial charge on any atom is 0.231 e. The Hall–Kier alpha value is -2.15. The highest BCUT2D eigenvalue weighted by atomic mass is 79.9. The predicted molar refractivity (Wildman–Crippen MR) is 106 cm³/mol. The van der Waals surface area contributed by atoms with Gasteiger partial charge in [0.1, 0.15) is 18.2 Å². The maximum absolute atomic E-state index is 12.8. The van der Waals surface area contributed by atoms with Gasteiger partial charge in [0.2, 0.25) is 5.78 Å². The van der Waals surface area contributed by atoms with Crippen molar-refractivity contribution < 1.29 is 19.0 Å². The molecule has 6 heteroatoms. The van der Waals surface area contributed by atoms with Crippen molar-refractivity contribution in [2.75, 3.05) is 27.0 Å². The lowest BCUT2D eigenvalue weighted by atomic mass is 10.0. The van der Waals surface area contributed by atoms with Crippen LogP contribution in [0.25, 0.3) is 6.08 Å². The number of nitrogens with zero attached hydrogens (tertiary/aromatic N) is 1. The lowest BCUT2D eigenvalue weighted by Crippen LogP contribution is -2.33. The Labute approximate surface area is 166 Å². The van der Waals surface area contributed by atoms with E-state index >= 15 is 0 Å². The summed E-state index contributed by atoms with van der Waals surface area (Å²) in [5, 5.41) is 0. The molecule has 2 aromatic carbocycles. The largest absolute Gasteiger partial charge is 0.478 e. The number of methoxy groups -OCH3 is 1. The van der Waals surface area contributed by atoms with Crippen molar-refractivity contribution >= 4 is 27.8 Å². The van der Waals surface area contributed by atoms with Crippen LogP contribution in [0.2, 0.25) is 0 Å². The van der Waals surface area contributed by atoms with Gasteiger partial charge in [0.15, 0.2) is 5.76 Å². The van der Waals surface area contributed by atoms with E-state index in [1.165, 1.54) is 0 Å². The summed E-state index contributed by atoms with van der Waals surface area (Å²) in [7, 11) is 1.70. The molecule has 140 valence electrons. The van der Waals surface area contributed by atoms with Gasteiger partial charge in [0.05, 0.1) is 11.1 Å². The number of carbonyl (C=O) groups excluding carboxylic acids is 1. The molecule has 2 aliphatic rings. The smallest absolute Gasteiger partial charge is 0.231 e. The van der Waals surface area contributed by atoms with Crippen LogP contribution in [0.15, 0.2) is 46.6 Å². The van der Waals surface area contributed by atoms with Crippen molar-refractivity contribution in [1.29, 1.82) is 0 Å². The van der Waals surface area contributed by atoms with Gasteiger partial charge in [0, 0.05) is 31.3 Å². The highest BCUT2D eigenvalue weighted by molar-refractivity contribution is 9.10. The number of ketones is 1. The van der Waals surface area contributed by atoms with Crippen LogP contribution in [0, 0.1) is 0 Å². The minimum atomic E-state index is -0.0905. The average Bonchev–Trinajstić information content (AvgIpc) is 3.00. The molecule has 0 aliphatic carbocycles. The highest BCUT2D eigenvalue weighted by Gasteiger charge is 2.33. The van der Waals surface area contributed by atoms with Crippen molar-refractivity contribution in [3.8, 4) is 11.5 Å². The lowest BCUT2D eigenvalue weighted by Gasteiger charge is -2.29. The summed E-state index contributed by atoms with van der Waals surface area (Å²) < 4.78 is 18.0. The molecule has 0 fully saturated rings. The normalized spacial score (nSPS) is 17.4. The number of halogens is 1. The highest BCUT2D eigenvalue weighted by Crippen LogP contribution is 2.42. The Bertz CT molecular complexity index is 892. The first-order valence-electron chi connectivity index (χ1n) is 8.85. The molecule has 0 atom stereocenters. The van der Waals surface area contributed by atoms with E-state index in [9.17, 15) is 4.79 Å². The van der Waals surface area contributed by atoms with Crippen molar-refractivity contribution in [2.24, 2.45) is 0 Å². The Kier molecular flexibility index (Phi) is 5.29. The van der Waals surface area contributed by atoms with Crippen molar-refractivity contribution in [3.63, 3.8) is 0 Å². The van der Waals surface area contributed by atoms with Gasteiger partial charge in [-0.3, -0.25) is 9.69 Å². The molecule has 27 heavy (non-hydrogen) atoms. The van der Waals surface area contributed by atoms with Crippen LogP contribution >= 0.6 is 15.9 Å². The Morgan fingerprint density at radius 3 is 2.81 bits per heavy atom. The summed E-state index contributed by atoms with van der Waals surface area (Å²) in [5.74, 6) is 1.66. The number of carbonyl (C=O) groups is 1. The summed E-state index contributed by atoms with van der Waals surface area (Å²) >= 11 is 3.42. The molecule has 0 spiro atoms. The van der Waals surface area contributed by atoms with Gasteiger partial charge in [-0.25, -0.2) is 0 Å².